The van der Waals surface area contributed by atoms with Gasteiger partial charge in [0, 0.05) is 49.5 Å². The van der Waals surface area contributed by atoms with Crippen molar-refractivity contribution in [1.82, 2.24) is 24.3 Å². The van der Waals surface area contributed by atoms with Crippen molar-refractivity contribution in [3.05, 3.63) is 63.7 Å². The molecule has 156 valence electrons. The third kappa shape index (κ3) is 3.68. The molecule has 1 atom stereocenters. The fourth-order valence-corrected chi connectivity index (χ4v) is 3.57. The van der Waals surface area contributed by atoms with E-state index in [1.54, 1.807) is 29.9 Å². The maximum absolute atomic E-state index is 12.7. The summed E-state index contributed by atoms with van der Waals surface area (Å²) in [6.07, 6.45) is 4.72. The number of nitrogens with one attached hydrogen (secondary N) is 1. The van der Waals surface area contributed by atoms with Crippen molar-refractivity contribution in [1.29, 1.82) is 0 Å². The summed E-state index contributed by atoms with van der Waals surface area (Å²) in [5, 5.41) is 19.5. The molecule has 10 nitrogen and oxygen atoms in total. The van der Waals surface area contributed by atoms with Gasteiger partial charge in [0.05, 0.1) is 11.5 Å². The highest BCUT2D eigenvalue weighted by molar-refractivity contribution is 6.07. The molecule has 4 rings (SSSR count). The van der Waals surface area contributed by atoms with Gasteiger partial charge in [-0.2, -0.15) is 5.10 Å². The van der Waals surface area contributed by atoms with Crippen LogP contribution in [0, 0.1) is 10.1 Å². The maximum atomic E-state index is 12.7. The van der Waals surface area contributed by atoms with Crippen LogP contribution in [-0.4, -0.2) is 41.1 Å². The summed E-state index contributed by atoms with van der Waals surface area (Å²) >= 11 is 0. The summed E-state index contributed by atoms with van der Waals surface area (Å²) in [6.45, 7) is 4.68. The number of carbonyl (C=O) groups excluding carboxylic acids is 1. The summed E-state index contributed by atoms with van der Waals surface area (Å²) in [7, 11) is 1.71. The molecule has 10 heteroatoms. The third-order valence-electron chi connectivity index (χ3n) is 5.23. The Morgan fingerprint density at radius 2 is 2.17 bits per heavy atom. The summed E-state index contributed by atoms with van der Waals surface area (Å²) in [6, 6.07) is 4.46. The monoisotopic (exact) mass is 409 g/mol. The van der Waals surface area contributed by atoms with Crippen LogP contribution in [0.15, 0.2) is 30.6 Å². The Bertz CT molecular complexity index is 1120. The maximum Gasteiger partial charge on any atom is 0.293 e. The molecule has 3 heterocycles. The molecule has 3 aromatic rings. The van der Waals surface area contributed by atoms with Gasteiger partial charge < -0.3 is 9.88 Å². The van der Waals surface area contributed by atoms with E-state index in [1.807, 2.05) is 18.5 Å². The molecule has 1 unspecified atom stereocenters. The van der Waals surface area contributed by atoms with Crippen molar-refractivity contribution in [3.63, 3.8) is 0 Å². The number of nitro groups is 1. The fraction of sp³-hybridized carbons (Fsp3) is 0.400. The Morgan fingerprint density at radius 3 is 2.83 bits per heavy atom. The zero-order valence-corrected chi connectivity index (χ0v) is 17.1. The number of hydrogen-bond acceptors (Lipinski definition) is 7. The lowest BCUT2D eigenvalue weighted by Crippen LogP contribution is -2.32. The standard InChI is InChI=1S/C20H23N7O3/c1-12(2)19-23-17-7-5-14(11-26(17)24-19)22-15-6-4-13(10-16(15)27(29)30)18(28)20-21-8-9-25(20)3/h4,6,8-10,12,14,22H,5,7,11H2,1-3H3. The highest BCUT2D eigenvalue weighted by atomic mass is 16.6. The second-order valence-corrected chi connectivity index (χ2v) is 7.78. The Hall–Kier alpha value is -3.56. The Labute approximate surface area is 173 Å². The Morgan fingerprint density at radius 1 is 1.37 bits per heavy atom. The Kier molecular flexibility index (Phi) is 5.06. The van der Waals surface area contributed by atoms with Gasteiger partial charge in [0.2, 0.25) is 5.78 Å². The molecule has 0 saturated heterocycles. The van der Waals surface area contributed by atoms with Gasteiger partial charge in [0.25, 0.3) is 5.69 Å². The van der Waals surface area contributed by atoms with Gasteiger partial charge in [-0.15, -0.1) is 0 Å². The van der Waals surface area contributed by atoms with Crippen LogP contribution in [0.3, 0.4) is 0 Å². The van der Waals surface area contributed by atoms with Crippen molar-refractivity contribution in [3.8, 4) is 0 Å². The van der Waals surface area contributed by atoms with Gasteiger partial charge in [-0.1, -0.05) is 13.8 Å². The predicted octanol–water partition coefficient (Wildman–Crippen LogP) is 2.70. The van der Waals surface area contributed by atoms with E-state index >= 15 is 0 Å². The quantitative estimate of drug-likeness (QED) is 0.377. The number of aryl methyl sites for hydroxylation is 2. The first-order chi connectivity index (χ1) is 14.3. The number of carbonyl (C=O) groups is 1. The van der Waals surface area contributed by atoms with Gasteiger partial charge in [-0.25, -0.2) is 14.6 Å². The molecule has 1 aliphatic heterocycles. The van der Waals surface area contributed by atoms with Gasteiger partial charge in [0.1, 0.15) is 11.5 Å². The average molecular weight is 409 g/mol. The molecule has 1 aromatic carbocycles. The molecule has 0 spiro atoms. The molecule has 2 aromatic heterocycles. The smallest absolute Gasteiger partial charge is 0.293 e. The van der Waals surface area contributed by atoms with E-state index in [0.29, 0.717) is 12.2 Å². The number of ketones is 1. The van der Waals surface area contributed by atoms with Crippen molar-refractivity contribution >= 4 is 17.2 Å². The van der Waals surface area contributed by atoms with Crippen LogP contribution in [0.4, 0.5) is 11.4 Å². The SMILES string of the molecule is CC(C)c1nc2n(n1)CC(Nc1ccc(C(=O)c3nccn3C)cc1[N+](=O)[O-])CC2. The molecule has 0 amide bonds. The zero-order chi connectivity index (χ0) is 21.4. The van der Waals surface area contributed by atoms with Crippen molar-refractivity contribution in [2.75, 3.05) is 5.32 Å². The topological polar surface area (TPSA) is 121 Å². The van der Waals surface area contributed by atoms with Gasteiger partial charge >= 0.3 is 0 Å². The first kappa shape index (κ1) is 19.7. The lowest BCUT2D eigenvalue weighted by molar-refractivity contribution is -0.384. The van der Waals surface area contributed by atoms with Gasteiger partial charge in [0.15, 0.2) is 11.6 Å². The summed E-state index contributed by atoms with van der Waals surface area (Å²) in [5.41, 5.74) is 0.474. The van der Waals surface area contributed by atoms with Crippen LogP contribution in [0.25, 0.3) is 0 Å². The summed E-state index contributed by atoms with van der Waals surface area (Å²) in [5.74, 6) is 1.88. The second-order valence-electron chi connectivity index (χ2n) is 7.78. The number of anilines is 1. The third-order valence-corrected chi connectivity index (χ3v) is 5.23. The Balaban J connectivity index is 1.56. The van der Waals surface area contributed by atoms with Gasteiger partial charge in [-0.3, -0.25) is 14.9 Å². The lowest BCUT2D eigenvalue weighted by atomic mass is 10.1. The number of fused-ring (bicyclic) bond motifs is 1. The van der Waals surface area contributed by atoms with E-state index in [-0.39, 0.29) is 34.8 Å². The predicted molar refractivity (Wildman–Crippen MR) is 110 cm³/mol. The summed E-state index contributed by atoms with van der Waals surface area (Å²) < 4.78 is 3.46. The lowest BCUT2D eigenvalue weighted by Gasteiger charge is -2.24. The molecule has 0 aliphatic carbocycles. The van der Waals surface area contributed by atoms with E-state index < -0.39 is 4.92 Å². The van der Waals surface area contributed by atoms with E-state index in [9.17, 15) is 14.9 Å². The zero-order valence-electron chi connectivity index (χ0n) is 17.1. The van der Waals surface area contributed by atoms with Crippen molar-refractivity contribution < 1.29 is 9.72 Å². The van der Waals surface area contributed by atoms with E-state index in [1.165, 1.54) is 12.3 Å². The highest BCUT2D eigenvalue weighted by Crippen LogP contribution is 2.29. The normalized spacial score (nSPS) is 15.8. The molecule has 0 radical (unpaired) electrons. The molecular formula is C20H23N7O3. The van der Waals surface area contributed by atoms with Gasteiger partial charge in [-0.05, 0) is 18.6 Å². The molecule has 1 aliphatic rings. The highest BCUT2D eigenvalue weighted by Gasteiger charge is 2.26. The molecule has 0 fully saturated rings. The first-order valence-corrected chi connectivity index (χ1v) is 9.84. The van der Waals surface area contributed by atoms with Crippen LogP contribution in [0.5, 0.6) is 0 Å². The van der Waals surface area contributed by atoms with Crippen LogP contribution >= 0.6 is 0 Å². The number of nitrogens with zero attached hydrogens (tertiary/aromatic N) is 6. The molecular weight excluding hydrogens is 386 g/mol. The molecule has 0 saturated carbocycles. The van der Waals surface area contributed by atoms with Crippen LogP contribution in [-0.2, 0) is 20.0 Å². The number of rotatable bonds is 6. The minimum absolute atomic E-state index is 0.0194. The first-order valence-electron chi connectivity index (χ1n) is 9.84. The fourth-order valence-electron chi connectivity index (χ4n) is 3.57. The minimum atomic E-state index is -0.474. The molecule has 30 heavy (non-hydrogen) atoms. The van der Waals surface area contributed by atoms with E-state index in [2.05, 4.69) is 20.4 Å². The largest absolute Gasteiger partial charge is 0.375 e. The van der Waals surface area contributed by atoms with Crippen molar-refractivity contribution in [2.24, 2.45) is 7.05 Å². The number of benzene rings is 1. The van der Waals surface area contributed by atoms with Crippen LogP contribution < -0.4 is 5.32 Å². The average Bonchev–Trinajstić information content (AvgIpc) is 3.33. The number of hydrogen-bond donors (Lipinski definition) is 1. The van der Waals surface area contributed by atoms with E-state index in [4.69, 9.17) is 0 Å². The van der Waals surface area contributed by atoms with Crippen molar-refractivity contribution in [2.45, 2.75) is 45.2 Å². The van der Waals surface area contributed by atoms with Crippen LogP contribution in [0.1, 0.15) is 54.0 Å². The molecule has 1 N–H and O–H groups in total. The van der Waals surface area contributed by atoms with Crippen LogP contribution in [0.2, 0.25) is 0 Å². The summed E-state index contributed by atoms with van der Waals surface area (Å²) in [4.78, 5) is 32.5. The minimum Gasteiger partial charge on any atom is -0.375 e. The number of imidazole rings is 1. The second kappa shape index (κ2) is 7.69. The van der Waals surface area contributed by atoms with E-state index in [0.717, 1.165) is 24.5 Å². The molecule has 0 bridgehead atoms. The number of nitro benzene ring substituents is 1. The number of aromatic nitrogens is 5.